The highest BCUT2D eigenvalue weighted by Gasteiger charge is 2.14. The summed E-state index contributed by atoms with van der Waals surface area (Å²) in [6.07, 6.45) is 6.47. The van der Waals surface area contributed by atoms with Crippen molar-refractivity contribution in [2.24, 2.45) is 0 Å². The van der Waals surface area contributed by atoms with Crippen molar-refractivity contribution in [1.29, 1.82) is 0 Å². The number of nitrogens with one attached hydrogen (secondary N) is 1. The van der Waals surface area contributed by atoms with Crippen LogP contribution < -0.4 is 5.69 Å². The lowest BCUT2D eigenvalue weighted by Crippen LogP contribution is -2.25. The molecule has 0 atom stereocenters. The van der Waals surface area contributed by atoms with Crippen molar-refractivity contribution in [3.05, 3.63) is 70.4 Å². The van der Waals surface area contributed by atoms with Gasteiger partial charge in [-0.25, -0.2) is 9.48 Å². The van der Waals surface area contributed by atoms with Crippen LogP contribution in [0.5, 0.6) is 0 Å². The molecular formula is C24H21N7O. The van der Waals surface area contributed by atoms with Crippen LogP contribution in [0.1, 0.15) is 24.7 Å². The number of aromatic amines is 1. The van der Waals surface area contributed by atoms with Gasteiger partial charge in [-0.15, -0.1) is 28.5 Å². The number of terminal acetylenes is 1. The van der Waals surface area contributed by atoms with Crippen molar-refractivity contribution in [3.63, 3.8) is 0 Å². The Morgan fingerprint density at radius 1 is 1.09 bits per heavy atom. The average molecular weight is 423 g/mol. The van der Waals surface area contributed by atoms with Gasteiger partial charge < -0.3 is 0 Å². The molecule has 4 rings (SSSR count). The fraction of sp³-hybridized carbons (Fsp3) is 0.208. The molecule has 0 saturated carbocycles. The summed E-state index contributed by atoms with van der Waals surface area (Å²) in [5.41, 5.74) is 3.70. The molecule has 2 aromatic heterocycles. The number of aromatic nitrogens is 7. The first-order valence-corrected chi connectivity index (χ1v) is 10.1. The van der Waals surface area contributed by atoms with Gasteiger partial charge in [-0.05, 0) is 28.8 Å². The molecule has 8 heteroatoms. The van der Waals surface area contributed by atoms with Gasteiger partial charge in [0.25, 0.3) is 0 Å². The van der Waals surface area contributed by atoms with E-state index in [0.717, 1.165) is 22.3 Å². The SMILES string of the molecule is C#CCCc1nn(CC#CC)c(=O)n1Cc1ccc(-c2ccccc2-c2nn[nH]n2)cc1. The number of aryl methyl sites for hydroxylation is 1. The number of nitrogens with zero attached hydrogens (tertiary/aromatic N) is 6. The molecule has 0 unspecified atom stereocenters. The third-order valence-electron chi connectivity index (χ3n) is 5.02. The molecule has 0 aliphatic heterocycles. The standard InChI is InChI=1S/C24H21N7O/c1-3-5-11-22-27-31(16-6-4-2)24(32)30(22)17-18-12-14-19(15-13-18)20-9-7-8-10-21(20)23-25-28-29-26-23/h1,7-10,12-15H,5,11,16-17H2,2H3,(H,25,26,28,29). The Morgan fingerprint density at radius 2 is 1.88 bits per heavy atom. The molecule has 0 spiro atoms. The molecule has 0 fully saturated rings. The lowest BCUT2D eigenvalue weighted by atomic mass is 9.98. The summed E-state index contributed by atoms with van der Waals surface area (Å²) >= 11 is 0. The molecule has 0 radical (unpaired) electrons. The van der Waals surface area contributed by atoms with Gasteiger partial charge in [-0.2, -0.15) is 10.3 Å². The predicted octanol–water partition coefficient (Wildman–Crippen LogP) is 2.53. The smallest absolute Gasteiger partial charge is 0.274 e. The summed E-state index contributed by atoms with van der Waals surface area (Å²) in [5.74, 6) is 9.50. The van der Waals surface area contributed by atoms with Crippen LogP contribution in [0, 0.1) is 24.2 Å². The van der Waals surface area contributed by atoms with E-state index in [2.05, 4.69) is 43.5 Å². The van der Waals surface area contributed by atoms with Crippen molar-refractivity contribution in [1.82, 2.24) is 35.0 Å². The molecule has 1 N–H and O–H groups in total. The molecule has 0 bridgehead atoms. The Bertz CT molecular complexity index is 1360. The second-order valence-electron chi connectivity index (χ2n) is 7.05. The van der Waals surface area contributed by atoms with E-state index in [4.69, 9.17) is 6.42 Å². The molecule has 158 valence electrons. The minimum absolute atomic E-state index is 0.189. The van der Waals surface area contributed by atoms with Gasteiger partial charge in [0, 0.05) is 18.4 Å². The van der Waals surface area contributed by atoms with E-state index in [9.17, 15) is 4.79 Å². The van der Waals surface area contributed by atoms with Gasteiger partial charge in [-0.1, -0.05) is 54.5 Å². The molecule has 4 aromatic rings. The summed E-state index contributed by atoms with van der Waals surface area (Å²) in [4.78, 5) is 12.8. The second kappa shape index (κ2) is 9.59. The van der Waals surface area contributed by atoms with E-state index >= 15 is 0 Å². The van der Waals surface area contributed by atoms with E-state index in [-0.39, 0.29) is 12.2 Å². The fourth-order valence-electron chi connectivity index (χ4n) is 3.45. The van der Waals surface area contributed by atoms with E-state index in [1.165, 1.54) is 4.68 Å². The summed E-state index contributed by atoms with van der Waals surface area (Å²) in [7, 11) is 0. The van der Waals surface area contributed by atoms with Gasteiger partial charge in [-0.3, -0.25) is 4.57 Å². The van der Waals surface area contributed by atoms with Crippen molar-refractivity contribution < 1.29 is 0 Å². The first-order chi connectivity index (χ1) is 15.7. The highest BCUT2D eigenvalue weighted by Crippen LogP contribution is 2.29. The lowest BCUT2D eigenvalue weighted by Gasteiger charge is -2.09. The largest absolute Gasteiger partial charge is 0.347 e. The Hall–Kier alpha value is -4.43. The van der Waals surface area contributed by atoms with Gasteiger partial charge in [0.05, 0.1) is 6.54 Å². The van der Waals surface area contributed by atoms with Crippen LogP contribution >= 0.6 is 0 Å². The topological polar surface area (TPSA) is 94.3 Å². The number of hydrogen-bond donors (Lipinski definition) is 1. The number of tetrazole rings is 1. The van der Waals surface area contributed by atoms with Crippen LogP contribution in [-0.2, 0) is 19.5 Å². The van der Waals surface area contributed by atoms with Crippen molar-refractivity contribution in [2.75, 3.05) is 0 Å². The molecular weight excluding hydrogens is 402 g/mol. The zero-order valence-electron chi connectivity index (χ0n) is 17.6. The summed E-state index contributed by atoms with van der Waals surface area (Å²) in [6, 6.07) is 15.9. The first kappa shape index (κ1) is 20.8. The monoisotopic (exact) mass is 423 g/mol. The first-order valence-electron chi connectivity index (χ1n) is 10.1. The van der Waals surface area contributed by atoms with Crippen molar-refractivity contribution >= 4 is 0 Å². The molecule has 32 heavy (non-hydrogen) atoms. The Kier molecular flexibility index (Phi) is 6.24. The zero-order chi connectivity index (χ0) is 22.3. The van der Waals surface area contributed by atoms with Crippen LogP contribution in [-0.4, -0.2) is 35.0 Å². The minimum Gasteiger partial charge on any atom is -0.274 e. The third-order valence-corrected chi connectivity index (χ3v) is 5.02. The highest BCUT2D eigenvalue weighted by molar-refractivity contribution is 5.80. The number of H-pyrrole nitrogens is 1. The Balaban J connectivity index is 1.63. The van der Waals surface area contributed by atoms with Crippen LogP contribution in [0.25, 0.3) is 22.5 Å². The molecule has 0 aliphatic rings. The molecule has 0 saturated heterocycles. The molecule has 2 aromatic carbocycles. The van der Waals surface area contributed by atoms with Gasteiger partial charge in [0.1, 0.15) is 12.4 Å². The van der Waals surface area contributed by atoms with Crippen LogP contribution in [0.15, 0.2) is 53.3 Å². The summed E-state index contributed by atoms with van der Waals surface area (Å²) in [5, 5.41) is 18.8. The normalized spacial score (nSPS) is 10.4. The van der Waals surface area contributed by atoms with E-state index in [0.29, 0.717) is 31.0 Å². The molecule has 8 nitrogen and oxygen atoms in total. The Morgan fingerprint density at radius 3 is 2.56 bits per heavy atom. The highest BCUT2D eigenvalue weighted by atomic mass is 16.2. The van der Waals surface area contributed by atoms with Crippen LogP contribution in [0.2, 0.25) is 0 Å². The maximum atomic E-state index is 12.8. The Labute approximate surface area is 185 Å². The number of rotatable bonds is 7. The minimum atomic E-state index is -0.189. The van der Waals surface area contributed by atoms with E-state index in [1.54, 1.807) is 11.5 Å². The second-order valence-corrected chi connectivity index (χ2v) is 7.05. The maximum Gasteiger partial charge on any atom is 0.347 e. The summed E-state index contributed by atoms with van der Waals surface area (Å²) < 4.78 is 3.05. The molecule has 0 amide bonds. The quantitative estimate of drug-likeness (QED) is 0.461. The van der Waals surface area contributed by atoms with E-state index in [1.807, 2.05) is 48.5 Å². The van der Waals surface area contributed by atoms with Crippen molar-refractivity contribution in [2.45, 2.75) is 32.9 Å². The van der Waals surface area contributed by atoms with E-state index < -0.39 is 0 Å². The number of benzene rings is 2. The molecule has 2 heterocycles. The zero-order valence-corrected chi connectivity index (χ0v) is 17.6. The average Bonchev–Trinajstić information content (AvgIpc) is 3.46. The van der Waals surface area contributed by atoms with Crippen molar-refractivity contribution in [3.8, 4) is 46.7 Å². The third kappa shape index (κ3) is 4.35. The van der Waals surface area contributed by atoms with Crippen LogP contribution in [0.3, 0.4) is 0 Å². The van der Waals surface area contributed by atoms with Gasteiger partial charge in [0.15, 0.2) is 0 Å². The lowest BCUT2D eigenvalue weighted by molar-refractivity contribution is 0.657. The maximum absolute atomic E-state index is 12.8. The van der Waals surface area contributed by atoms with Gasteiger partial charge in [0.2, 0.25) is 5.82 Å². The number of hydrogen-bond acceptors (Lipinski definition) is 5. The predicted molar refractivity (Wildman–Crippen MR) is 121 cm³/mol. The fourth-order valence-corrected chi connectivity index (χ4v) is 3.45. The van der Waals surface area contributed by atoms with Gasteiger partial charge >= 0.3 is 5.69 Å². The molecule has 0 aliphatic carbocycles. The summed E-state index contributed by atoms with van der Waals surface area (Å²) in [6.45, 7) is 2.40. The van der Waals surface area contributed by atoms with Crippen LogP contribution in [0.4, 0.5) is 0 Å².